The molecule has 3 rings (SSSR count). The number of ketones is 1. The molecule has 0 amide bonds. The van der Waals surface area contributed by atoms with Crippen LogP contribution in [-0.2, 0) is 4.57 Å². The van der Waals surface area contributed by atoms with Crippen LogP contribution in [0.4, 0.5) is 0 Å². The van der Waals surface area contributed by atoms with Crippen LogP contribution >= 0.6 is 7.14 Å². The SMILES string of the molecule is CC(C)(C)P(=O)(c1ccccc1)c1ccccc1C(=O)c1ccccc1. The molecule has 0 radical (unpaired) electrons. The topological polar surface area (TPSA) is 34.1 Å². The van der Waals surface area contributed by atoms with Crippen LogP contribution in [0.3, 0.4) is 0 Å². The minimum Gasteiger partial charge on any atom is -0.313 e. The summed E-state index contributed by atoms with van der Waals surface area (Å²) in [6.07, 6.45) is 0. The van der Waals surface area contributed by atoms with Gasteiger partial charge in [0.25, 0.3) is 0 Å². The summed E-state index contributed by atoms with van der Waals surface area (Å²) in [7, 11) is -3.04. The Morgan fingerprint density at radius 1 is 0.731 bits per heavy atom. The first-order chi connectivity index (χ1) is 12.4. The van der Waals surface area contributed by atoms with E-state index in [9.17, 15) is 9.36 Å². The summed E-state index contributed by atoms with van der Waals surface area (Å²) in [6, 6.07) is 26.0. The molecule has 0 aromatic heterocycles. The van der Waals surface area contributed by atoms with E-state index in [1.54, 1.807) is 18.2 Å². The van der Waals surface area contributed by atoms with Crippen molar-refractivity contribution in [3.8, 4) is 0 Å². The van der Waals surface area contributed by atoms with E-state index >= 15 is 0 Å². The summed E-state index contributed by atoms with van der Waals surface area (Å²) < 4.78 is 14.4. The molecule has 0 fully saturated rings. The Balaban J connectivity index is 2.25. The Labute approximate surface area is 155 Å². The lowest BCUT2D eigenvalue weighted by atomic mass is 10.0. The Bertz CT molecular complexity index is 954. The van der Waals surface area contributed by atoms with Crippen molar-refractivity contribution < 1.29 is 9.36 Å². The zero-order chi connectivity index (χ0) is 18.8. The van der Waals surface area contributed by atoms with Crippen molar-refractivity contribution in [1.29, 1.82) is 0 Å². The second-order valence-corrected chi connectivity index (χ2v) is 10.9. The van der Waals surface area contributed by atoms with Gasteiger partial charge in [-0.05, 0) is 0 Å². The highest BCUT2D eigenvalue weighted by Gasteiger charge is 2.41. The van der Waals surface area contributed by atoms with E-state index in [1.807, 2.05) is 87.5 Å². The molecule has 3 aromatic rings. The molecule has 0 aliphatic heterocycles. The van der Waals surface area contributed by atoms with Gasteiger partial charge in [0.2, 0.25) is 0 Å². The molecular weight excluding hydrogens is 339 g/mol. The Kier molecular flexibility index (Phi) is 4.98. The van der Waals surface area contributed by atoms with E-state index in [0.717, 1.165) is 5.30 Å². The van der Waals surface area contributed by atoms with Gasteiger partial charge in [0.1, 0.15) is 7.14 Å². The molecule has 0 saturated heterocycles. The molecule has 2 nitrogen and oxygen atoms in total. The number of rotatable bonds is 4. The quantitative estimate of drug-likeness (QED) is 0.482. The number of carbonyl (C=O) groups is 1. The molecule has 26 heavy (non-hydrogen) atoms. The fourth-order valence-electron chi connectivity index (χ4n) is 3.21. The lowest BCUT2D eigenvalue weighted by Crippen LogP contribution is -2.33. The summed E-state index contributed by atoms with van der Waals surface area (Å²) in [4.78, 5) is 13.2. The van der Waals surface area contributed by atoms with Gasteiger partial charge in [-0.25, -0.2) is 0 Å². The van der Waals surface area contributed by atoms with Crippen molar-refractivity contribution in [2.45, 2.75) is 25.9 Å². The predicted octanol–water partition coefficient (Wildman–Crippen LogP) is 5.03. The molecule has 0 spiro atoms. The number of carbonyl (C=O) groups excluding carboxylic acids is 1. The average molecular weight is 362 g/mol. The molecule has 1 unspecified atom stereocenters. The monoisotopic (exact) mass is 362 g/mol. The van der Waals surface area contributed by atoms with Crippen LogP contribution in [0.2, 0.25) is 0 Å². The van der Waals surface area contributed by atoms with Crippen LogP contribution in [0.5, 0.6) is 0 Å². The summed E-state index contributed by atoms with van der Waals surface area (Å²) in [5, 5.41) is 0.898. The van der Waals surface area contributed by atoms with E-state index in [0.29, 0.717) is 16.4 Å². The highest BCUT2D eigenvalue weighted by molar-refractivity contribution is 7.80. The Morgan fingerprint density at radius 2 is 1.23 bits per heavy atom. The molecule has 0 bridgehead atoms. The molecule has 3 heteroatoms. The summed E-state index contributed by atoms with van der Waals surface area (Å²) >= 11 is 0. The van der Waals surface area contributed by atoms with Crippen molar-refractivity contribution in [2.24, 2.45) is 0 Å². The van der Waals surface area contributed by atoms with Crippen LogP contribution in [0.15, 0.2) is 84.9 Å². The third kappa shape index (κ3) is 3.18. The molecule has 3 aromatic carbocycles. The molecule has 0 N–H and O–H groups in total. The van der Waals surface area contributed by atoms with Gasteiger partial charge in [-0.3, -0.25) is 4.79 Å². The third-order valence-electron chi connectivity index (χ3n) is 4.59. The van der Waals surface area contributed by atoms with E-state index in [-0.39, 0.29) is 5.78 Å². The second kappa shape index (κ2) is 7.05. The van der Waals surface area contributed by atoms with Gasteiger partial charge in [0.05, 0.1) is 0 Å². The fourth-order valence-corrected chi connectivity index (χ4v) is 6.39. The maximum atomic E-state index is 14.4. The Morgan fingerprint density at radius 3 is 1.81 bits per heavy atom. The molecule has 0 heterocycles. The van der Waals surface area contributed by atoms with Gasteiger partial charge >= 0.3 is 0 Å². The smallest absolute Gasteiger partial charge is 0.193 e. The van der Waals surface area contributed by atoms with Gasteiger partial charge in [-0.2, -0.15) is 0 Å². The zero-order valence-corrected chi connectivity index (χ0v) is 16.2. The van der Waals surface area contributed by atoms with Gasteiger partial charge in [0, 0.05) is 26.9 Å². The maximum Gasteiger partial charge on any atom is 0.193 e. The second-order valence-electron chi connectivity index (χ2n) is 7.33. The number of benzene rings is 3. The van der Waals surface area contributed by atoms with Gasteiger partial charge < -0.3 is 4.57 Å². The van der Waals surface area contributed by atoms with Crippen molar-refractivity contribution in [1.82, 2.24) is 0 Å². The van der Waals surface area contributed by atoms with Gasteiger partial charge in [-0.1, -0.05) is 106 Å². The molecular formula is C23H23O2P. The van der Waals surface area contributed by atoms with E-state index in [1.165, 1.54) is 0 Å². The van der Waals surface area contributed by atoms with Crippen LogP contribution < -0.4 is 10.6 Å². The van der Waals surface area contributed by atoms with E-state index in [4.69, 9.17) is 0 Å². The summed E-state index contributed by atoms with van der Waals surface area (Å²) in [5.41, 5.74) is 1.12. The number of hydrogen-bond acceptors (Lipinski definition) is 2. The minimum absolute atomic E-state index is 0.0957. The van der Waals surface area contributed by atoms with Crippen molar-refractivity contribution >= 4 is 23.5 Å². The first-order valence-corrected chi connectivity index (χ1v) is 10.4. The van der Waals surface area contributed by atoms with Gasteiger partial charge in [-0.15, -0.1) is 0 Å². The average Bonchev–Trinajstić information content (AvgIpc) is 2.67. The predicted molar refractivity (Wildman–Crippen MR) is 109 cm³/mol. The first-order valence-electron chi connectivity index (χ1n) is 8.71. The highest BCUT2D eigenvalue weighted by atomic mass is 31.2. The summed E-state index contributed by atoms with van der Waals surface area (Å²) in [5.74, 6) is -0.0957. The van der Waals surface area contributed by atoms with Crippen LogP contribution in [0, 0.1) is 0 Å². The van der Waals surface area contributed by atoms with E-state index < -0.39 is 12.3 Å². The van der Waals surface area contributed by atoms with Crippen molar-refractivity contribution in [3.63, 3.8) is 0 Å². The first kappa shape index (κ1) is 18.4. The molecule has 132 valence electrons. The van der Waals surface area contributed by atoms with Crippen molar-refractivity contribution in [2.75, 3.05) is 0 Å². The fraction of sp³-hybridized carbons (Fsp3) is 0.174. The maximum absolute atomic E-state index is 14.4. The normalized spacial score (nSPS) is 13.8. The highest BCUT2D eigenvalue weighted by Crippen LogP contribution is 2.56. The standard InChI is InChI=1S/C23H23O2P/c1-23(2,3)26(25,19-14-8-5-9-15-19)21-17-11-10-16-20(21)22(24)18-12-6-4-7-13-18/h4-17H,1-3H3. The van der Waals surface area contributed by atoms with Crippen LogP contribution in [0.1, 0.15) is 36.7 Å². The van der Waals surface area contributed by atoms with Gasteiger partial charge in [0.15, 0.2) is 5.78 Å². The van der Waals surface area contributed by atoms with E-state index in [2.05, 4.69) is 0 Å². The lowest BCUT2D eigenvalue weighted by Gasteiger charge is -2.33. The Hall–Kier alpha value is -2.44. The summed E-state index contributed by atoms with van der Waals surface area (Å²) in [6.45, 7) is 5.93. The largest absolute Gasteiger partial charge is 0.313 e. The van der Waals surface area contributed by atoms with Crippen LogP contribution in [0.25, 0.3) is 0 Å². The lowest BCUT2D eigenvalue weighted by molar-refractivity contribution is 0.103. The van der Waals surface area contributed by atoms with Crippen LogP contribution in [-0.4, -0.2) is 10.9 Å². The molecule has 0 aliphatic rings. The minimum atomic E-state index is -3.04. The molecule has 1 atom stereocenters. The molecule has 0 saturated carbocycles. The third-order valence-corrected chi connectivity index (χ3v) is 8.57. The molecule has 0 aliphatic carbocycles. The number of hydrogen-bond donors (Lipinski definition) is 0. The zero-order valence-electron chi connectivity index (χ0n) is 15.3. The van der Waals surface area contributed by atoms with Crippen molar-refractivity contribution in [3.05, 3.63) is 96.1 Å².